The molecule has 0 aliphatic rings. The second-order valence-electron chi connectivity index (χ2n) is 6.76. The third-order valence-electron chi connectivity index (χ3n) is 4.65. The van der Waals surface area contributed by atoms with E-state index in [2.05, 4.69) is 5.10 Å². The maximum absolute atomic E-state index is 12.3. The minimum atomic E-state index is -0.173. The number of nitrogens with zero attached hydrogens (tertiary/aromatic N) is 4. The van der Waals surface area contributed by atoms with Gasteiger partial charge in [-0.2, -0.15) is 10.4 Å². The largest absolute Gasteiger partial charge is 0.453 e. The van der Waals surface area contributed by atoms with Crippen molar-refractivity contribution in [3.8, 4) is 23.3 Å². The molecule has 8 heteroatoms. The predicted octanol–water partition coefficient (Wildman–Crippen LogP) is 3.87. The third kappa shape index (κ3) is 4.30. The molecule has 7 nitrogen and oxygen atoms in total. The zero-order valence-electron chi connectivity index (χ0n) is 16.9. The highest BCUT2D eigenvalue weighted by molar-refractivity contribution is 6.31. The zero-order chi connectivity index (χ0) is 21.8. The van der Waals surface area contributed by atoms with Crippen molar-refractivity contribution in [3.63, 3.8) is 0 Å². The van der Waals surface area contributed by atoms with Crippen LogP contribution in [0.25, 0.3) is 5.69 Å². The van der Waals surface area contributed by atoms with Gasteiger partial charge in [-0.1, -0.05) is 11.6 Å². The van der Waals surface area contributed by atoms with E-state index < -0.39 is 0 Å². The number of rotatable bonds is 6. The molecule has 0 aliphatic carbocycles. The Morgan fingerprint density at radius 2 is 1.97 bits per heavy atom. The fourth-order valence-corrected chi connectivity index (χ4v) is 3.23. The average molecular weight is 425 g/mol. The van der Waals surface area contributed by atoms with Crippen molar-refractivity contribution in [1.82, 2.24) is 14.7 Å². The van der Waals surface area contributed by atoms with Gasteiger partial charge >= 0.3 is 0 Å². The van der Waals surface area contributed by atoms with Crippen LogP contribution in [0, 0.1) is 25.2 Å². The summed E-state index contributed by atoms with van der Waals surface area (Å²) in [5.74, 6) is 1.00. The number of benzene rings is 2. The molecule has 0 radical (unpaired) electrons. The Morgan fingerprint density at radius 3 is 2.57 bits per heavy atom. The average Bonchev–Trinajstić information content (AvgIpc) is 3.02. The molecular formula is C22H21ClN4O3. The molecule has 1 amide bonds. The van der Waals surface area contributed by atoms with Crippen LogP contribution in [-0.4, -0.2) is 45.9 Å². The number of hydrogen-bond acceptors (Lipinski definition) is 5. The SMILES string of the molecule is Cc1nn(-c2ccc(C#N)c(Cl)c2)c(C)c1Oc1ccc(C(=O)N(C)CCO)cc1. The Hall–Kier alpha value is -3.34. The van der Waals surface area contributed by atoms with Crippen LogP contribution < -0.4 is 4.74 Å². The molecule has 0 atom stereocenters. The first-order chi connectivity index (χ1) is 14.3. The van der Waals surface area contributed by atoms with Gasteiger partial charge in [0, 0.05) is 19.2 Å². The molecule has 3 aromatic rings. The molecule has 1 N–H and O–H groups in total. The lowest BCUT2D eigenvalue weighted by Crippen LogP contribution is -2.29. The van der Waals surface area contributed by atoms with Crippen molar-refractivity contribution >= 4 is 17.5 Å². The monoisotopic (exact) mass is 424 g/mol. The summed E-state index contributed by atoms with van der Waals surface area (Å²) in [7, 11) is 1.64. The molecule has 0 fully saturated rings. The van der Waals surface area contributed by atoms with Crippen molar-refractivity contribution < 1.29 is 14.6 Å². The Balaban J connectivity index is 1.84. The van der Waals surface area contributed by atoms with Crippen molar-refractivity contribution in [2.24, 2.45) is 0 Å². The standard InChI is InChI=1S/C22H21ClN4O3/c1-14-21(15(2)27(25-14)18-7-4-17(13-24)20(23)12-18)30-19-8-5-16(6-9-19)22(29)26(3)10-11-28/h4-9,12,28H,10-11H2,1-3H3. The van der Waals surface area contributed by atoms with E-state index in [4.69, 9.17) is 26.7 Å². The van der Waals surface area contributed by atoms with Crippen LogP contribution in [0.4, 0.5) is 0 Å². The molecule has 0 saturated carbocycles. The number of halogens is 1. The van der Waals surface area contributed by atoms with E-state index in [-0.39, 0.29) is 19.1 Å². The van der Waals surface area contributed by atoms with E-state index in [0.717, 1.165) is 11.4 Å². The first-order valence-corrected chi connectivity index (χ1v) is 9.64. The number of nitriles is 1. The number of aromatic nitrogens is 2. The van der Waals surface area contributed by atoms with Crippen LogP contribution in [0.2, 0.25) is 5.02 Å². The highest BCUT2D eigenvalue weighted by Crippen LogP contribution is 2.31. The molecule has 0 aliphatic heterocycles. The van der Waals surface area contributed by atoms with Crippen LogP contribution >= 0.6 is 11.6 Å². The van der Waals surface area contributed by atoms with Crippen LogP contribution in [0.15, 0.2) is 42.5 Å². The van der Waals surface area contributed by atoms with Gasteiger partial charge in [0.25, 0.3) is 5.91 Å². The van der Waals surface area contributed by atoms with Crippen molar-refractivity contribution in [2.45, 2.75) is 13.8 Å². The number of aliphatic hydroxyl groups excluding tert-OH is 1. The molecule has 0 saturated heterocycles. The van der Waals surface area contributed by atoms with E-state index in [0.29, 0.717) is 33.3 Å². The highest BCUT2D eigenvalue weighted by atomic mass is 35.5. The van der Waals surface area contributed by atoms with E-state index in [1.54, 1.807) is 54.2 Å². The first-order valence-electron chi connectivity index (χ1n) is 9.26. The van der Waals surface area contributed by atoms with Gasteiger partial charge in [0.15, 0.2) is 5.75 Å². The number of likely N-dealkylation sites (N-methyl/N-ethyl adjacent to an activating group) is 1. The lowest BCUT2D eigenvalue weighted by atomic mass is 10.2. The lowest BCUT2D eigenvalue weighted by Gasteiger charge is -2.15. The molecule has 0 bridgehead atoms. The third-order valence-corrected chi connectivity index (χ3v) is 4.96. The van der Waals surface area contributed by atoms with Crippen molar-refractivity contribution in [2.75, 3.05) is 20.2 Å². The van der Waals surface area contributed by atoms with Gasteiger partial charge in [-0.25, -0.2) is 4.68 Å². The predicted molar refractivity (Wildman–Crippen MR) is 113 cm³/mol. The number of hydrogen-bond donors (Lipinski definition) is 1. The number of amides is 1. The van der Waals surface area contributed by atoms with Gasteiger partial charge in [-0.3, -0.25) is 4.79 Å². The number of ether oxygens (including phenoxy) is 1. The molecule has 1 aromatic heterocycles. The van der Waals surface area contributed by atoms with Crippen molar-refractivity contribution in [3.05, 3.63) is 70.0 Å². The normalized spacial score (nSPS) is 10.5. The number of carbonyl (C=O) groups is 1. The van der Waals surface area contributed by atoms with Gasteiger partial charge < -0.3 is 14.7 Å². The topological polar surface area (TPSA) is 91.4 Å². The summed E-state index contributed by atoms with van der Waals surface area (Å²) in [5, 5.41) is 22.9. The summed E-state index contributed by atoms with van der Waals surface area (Å²) >= 11 is 6.15. The van der Waals surface area contributed by atoms with Gasteiger partial charge in [-0.15, -0.1) is 0 Å². The maximum Gasteiger partial charge on any atom is 0.253 e. The molecule has 0 spiro atoms. The van der Waals surface area contributed by atoms with Crippen LogP contribution in [0.5, 0.6) is 11.5 Å². The Morgan fingerprint density at radius 1 is 1.27 bits per heavy atom. The summed E-state index contributed by atoms with van der Waals surface area (Å²) in [6.45, 7) is 3.90. The molecule has 2 aromatic carbocycles. The molecule has 154 valence electrons. The fourth-order valence-electron chi connectivity index (χ4n) is 3.01. The maximum atomic E-state index is 12.3. The molecule has 30 heavy (non-hydrogen) atoms. The quantitative estimate of drug-likeness (QED) is 0.648. The van der Waals surface area contributed by atoms with E-state index in [9.17, 15) is 4.79 Å². The molecule has 1 heterocycles. The fraction of sp³-hybridized carbons (Fsp3) is 0.227. The Kier molecular flexibility index (Phi) is 6.40. The smallest absolute Gasteiger partial charge is 0.253 e. The Bertz CT molecular complexity index is 1120. The van der Waals surface area contributed by atoms with Gasteiger partial charge in [0.05, 0.1) is 28.6 Å². The van der Waals surface area contributed by atoms with E-state index in [1.807, 2.05) is 19.9 Å². The summed E-state index contributed by atoms with van der Waals surface area (Å²) in [4.78, 5) is 13.7. The van der Waals surface area contributed by atoms with Crippen LogP contribution in [0.3, 0.4) is 0 Å². The summed E-state index contributed by atoms with van der Waals surface area (Å²) < 4.78 is 7.73. The lowest BCUT2D eigenvalue weighted by molar-refractivity contribution is 0.0767. The second kappa shape index (κ2) is 8.99. The van der Waals surface area contributed by atoms with Crippen LogP contribution in [-0.2, 0) is 0 Å². The second-order valence-corrected chi connectivity index (χ2v) is 7.17. The molecule has 3 rings (SSSR count). The molecular weight excluding hydrogens is 404 g/mol. The molecule has 0 unspecified atom stereocenters. The number of aliphatic hydroxyl groups is 1. The highest BCUT2D eigenvalue weighted by Gasteiger charge is 2.17. The van der Waals surface area contributed by atoms with Gasteiger partial charge in [0.2, 0.25) is 0 Å². The van der Waals surface area contributed by atoms with E-state index in [1.165, 1.54) is 4.90 Å². The Labute approximate surface area is 179 Å². The summed E-state index contributed by atoms with van der Waals surface area (Å²) in [6.07, 6.45) is 0. The number of carbonyl (C=O) groups excluding carboxylic acids is 1. The first kappa shape index (κ1) is 21.4. The van der Waals surface area contributed by atoms with Crippen LogP contribution in [0.1, 0.15) is 27.3 Å². The zero-order valence-corrected chi connectivity index (χ0v) is 17.6. The minimum Gasteiger partial charge on any atom is -0.453 e. The summed E-state index contributed by atoms with van der Waals surface area (Å²) in [5.41, 5.74) is 3.10. The van der Waals surface area contributed by atoms with Gasteiger partial charge in [0.1, 0.15) is 17.5 Å². The number of aryl methyl sites for hydroxylation is 1. The summed E-state index contributed by atoms with van der Waals surface area (Å²) in [6, 6.07) is 13.9. The van der Waals surface area contributed by atoms with Gasteiger partial charge in [-0.05, 0) is 56.3 Å². The van der Waals surface area contributed by atoms with Crippen molar-refractivity contribution in [1.29, 1.82) is 5.26 Å². The minimum absolute atomic E-state index is 0.0869. The van der Waals surface area contributed by atoms with E-state index >= 15 is 0 Å².